The molecule has 0 N–H and O–H groups in total. The van der Waals surface area contributed by atoms with Crippen LogP contribution in [-0.2, 0) is 0 Å². The molecular weight excluding hydrogens is 176 g/mol. The van der Waals surface area contributed by atoms with Crippen molar-refractivity contribution in [1.82, 2.24) is 0 Å². The number of hydrogen-bond acceptors (Lipinski definition) is 0. The van der Waals surface area contributed by atoms with Crippen molar-refractivity contribution >= 4 is 12.6 Å². The molecule has 1 unspecified atom stereocenters. The number of rotatable bonds is 9. The summed E-state index contributed by atoms with van der Waals surface area (Å²) in [5.74, 6) is 1.91. The second-order valence-corrected chi connectivity index (χ2v) is 4.38. The van der Waals surface area contributed by atoms with E-state index in [0.717, 1.165) is 11.7 Å². The molecule has 0 nitrogen and oxygen atoms in total. The maximum atomic E-state index is 4.97. The standard InChI is InChI=1S/C12H25S/c1-3-5-6-7-9-12(4-2)10-8-11-13/h12H,3-11H2,1-2H3. The lowest BCUT2D eigenvalue weighted by atomic mass is 9.94. The molecule has 0 bridgehead atoms. The molecule has 0 fully saturated rings. The van der Waals surface area contributed by atoms with Gasteiger partial charge in [0, 0.05) is 5.75 Å². The van der Waals surface area contributed by atoms with E-state index in [1.54, 1.807) is 0 Å². The highest BCUT2D eigenvalue weighted by atomic mass is 32.1. The van der Waals surface area contributed by atoms with Gasteiger partial charge in [-0.2, -0.15) is 0 Å². The Hall–Kier alpha value is 0.350. The molecule has 0 aromatic carbocycles. The summed E-state index contributed by atoms with van der Waals surface area (Å²) in [7, 11) is 0. The third kappa shape index (κ3) is 8.67. The lowest BCUT2D eigenvalue weighted by Crippen LogP contribution is -1.99. The zero-order valence-electron chi connectivity index (χ0n) is 9.35. The van der Waals surface area contributed by atoms with Gasteiger partial charge in [-0.05, 0) is 18.8 Å². The first kappa shape index (κ1) is 13.4. The molecular formula is C12H25S. The lowest BCUT2D eigenvalue weighted by Gasteiger charge is -2.13. The van der Waals surface area contributed by atoms with Crippen molar-refractivity contribution in [2.75, 3.05) is 5.75 Å². The highest BCUT2D eigenvalue weighted by Gasteiger charge is 2.04. The second-order valence-electron chi connectivity index (χ2n) is 3.97. The molecule has 0 aromatic rings. The quantitative estimate of drug-likeness (QED) is 0.462. The van der Waals surface area contributed by atoms with Gasteiger partial charge in [-0.3, -0.25) is 0 Å². The van der Waals surface area contributed by atoms with Gasteiger partial charge in [0.15, 0.2) is 0 Å². The summed E-state index contributed by atoms with van der Waals surface area (Å²) in [5.41, 5.74) is 0. The molecule has 0 saturated carbocycles. The molecule has 1 heteroatoms. The predicted molar refractivity (Wildman–Crippen MR) is 64.2 cm³/mol. The Morgan fingerprint density at radius 2 is 1.62 bits per heavy atom. The van der Waals surface area contributed by atoms with Gasteiger partial charge in [0.2, 0.25) is 0 Å². The van der Waals surface area contributed by atoms with Crippen molar-refractivity contribution in [3.05, 3.63) is 0 Å². The number of hydrogen-bond donors (Lipinski definition) is 0. The zero-order valence-corrected chi connectivity index (χ0v) is 10.2. The Morgan fingerprint density at radius 1 is 0.923 bits per heavy atom. The second kappa shape index (κ2) is 10.4. The molecule has 1 atom stereocenters. The van der Waals surface area contributed by atoms with Crippen LogP contribution in [0.3, 0.4) is 0 Å². The summed E-state index contributed by atoms with van der Waals surface area (Å²) >= 11 is 4.97. The fourth-order valence-corrected chi connectivity index (χ4v) is 1.95. The Morgan fingerprint density at radius 3 is 2.15 bits per heavy atom. The topological polar surface area (TPSA) is 0 Å². The van der Waals surface area contributed by atoms with Crippen molar-refractivity contribution in [1.29, 1.82) is 0 Å². The Labute approximate surface area is 89.9 Å². The lowest BCUT2D eigenvalue weighted by molar-refractivity contribution is 0.411. The van der Waals surface area contributed by atoms with Gasteiger partial charge in [-0.1, -0.05) is 65.0 Å². The Kier molecular flexibility index (Phi) is 10.7. The minimum absolute atomic E-state index is 0.950. The molecule has 0 amide bonds. The van der Waals surface area contributed by atoms with Crippen LogP contribution in [0.5, 0.6) is 0 Å². The van der Waals surface area contributed by atoms with Crippen LogP contribution >= 0.6 is 12.6 Å². The monoisotopic (exact) mass is 201 g/mol. The zero-order chi connectivity index (χ0) is 9.94. The van der Waals surface area contributed by atoms with Crippen LogP contribution in [0.2, 0.25) is 0 Å². The van der Waals surface area contributed by atoms with Gasteiger partial charge >= 0.3 is 0 Å². The maximum absolute atomic E-state index is 4.97. The molecule has 0 aliphatic rings. The summed E-state index contributed by atoms with van der Waals surface area (Å²) in [6.07, 6.45) is 11.0. The van der Waals surface area contributed by atoms with Gasteiger partial charge < -0.3 is 0 Å². The van der Waals surface area contributed by atoms with Gasteiger partial charge in [0.05, 0.1) is 0 Å². The number of unbranched alkanes of at least 4 members (excludes halogenated alkanes) is 3. The van der Waals surface area contributed by atoms with E-state index in [2.05, 4.69) is 13.8 Å². The van der Waals surface area contributed by atoms with E-state index in [4.69, 9.17) is 12.6 Å². The minimum Gasteiger partial charge on any atom is -0.0942 e. The first-order chi connectivity index (χ1) is 6.35. The van der Waals surface area contributed by atoms with E-state index in [9.17, 15) is 0 Å². The molecule has 0 heterocycles. The van der Waals surface area contributed by atoms with E-state index in [1.807, 2.05) is 0 Å². The molecule has 1 radical (unpaired) electrons. The third-order valence-corrected chi connectivity index (χ3v) is 3.09. The smallest absolute Gasteiger partial charge is 0.00370 e. The first-order valence-corrected chi connectivity index (χ1v) is 6.50. The summed E-state index contributed by atoms with van der Waals surface area (Å²) in [6, 6.07) is 0. The van der Waals surface area contributed by atoms with Crippen molar-refractivity contribution in [2.45, 2.75) is 65.2 Å². The van der Waals surface area contributed by atoms with Crippen LogP contribution < -0.4 is 0 Å². The molecule has 0 spiro atoms. The molecule has 0 aliphatic carbocycles. The fourth-order valence-electron chi connectivity index (χ4n) is 1.78. The van der Waals surface area contributed by atoms with Crippen LogP contribution in [0.15, 0.2) is 0 Å². The summed E-state index contributed by atoms with van der Waals surface area (Å²) in [6.45, 7) is 4.59. The summed E-state index contributed by atoms with van der Waals surface area (Å²) in [5, 5.41) is 0. The largest absolute Gasteiger partial charge is 0.0942 e. The Balaban J connectivity index is 3.25. The van der Waals surface area contributed by atoms with Crippen LogP contribution in [0.4, 0.5) is 0 Å². The van der Waals surface area contributed by atoms with Crippen LogP contribution in [0.1, 0.15) is 65.2 Å². The van der Waals surface area contributed by atoms with Crippen molar-refractivity contribution < 1.29 is 0 Å². The van der Waals surface area contributed by atoms with Gasteiger partial charge in [-0.25, -0.2) is 0 Å². The van der Waals surface area contributed by atoms with Gasteiger partial charge in [0.25, 0.3) is 0 Å². The van der Waals surface area contributed by atoms with Gasteiger partial charge in [-0.15, -0.1) is 0 Å². The minimum atomic E-state index is 0.950. The van der Waals surface area contributed by atoms with E-state index >= 15 is 0 Å². The van der Waals surface area contributed by atoms with Gasteiger partial charge in [0.1, 0.15) is 0 Å². The summed E-state index contributed by atoms with van der Waals surface area (Å²) < 4.78 is 0. The first-order valence-electron chi connectivity index (χ1n) is 5.93. The normalized spacial score (nSPS) is 13.2. The maximum Gasteiger partial charge on any atom is 0.00370 e. The fraction of sp³-hybridized carbons (Fsp3) is 1.00. The van der Waals surface area contributed by atoms with E-state index in [1.165, 1.54) is 51.4 Å². The van der Waals surface area contributed by atoms with Crippen LogP contribution in [0, 0.1) is 5.92 Å². The van der Waals surface area contributed by atoms with Crippen molar-refractivity contribution in [3.63, 3.8) is 0 Å². The van der Waals surface area contributed by atoms with Crippen LogP contribution in [0.25, 0.3) is 0 Å². The predicted octanol–water partition coefficient (Wildman–Crippen LogP) is 4.96. The highest BCUT2D eigenvalue weighted by Crippen LogP contribution is 2.19. The average molecular weight is 201 g/mol. The molecule has 0 rings (SSSR count). The molecule has 0 aromatic heterocycles. The SMILES string of the molecule is CCCCCCC(CC)CCC[S]. The Bertz CT molecular complexity index is 91.1. The third-order valence-electron chi connectivity index (χ3n) is 2.80. The molecule has 13 heavy (non-hydrogen) atoms. The van der Waals surface area contributed by atoms with E-state index in [-0.39, 0.29) is 0 Å². The summed E-state index contributed by atoms with van der Waals surface area (Å²) in [4.78, 5) is 0. The molecule has 79 valence electrons. The molecule has 0 saturated heterocycles. The van der Waals surface area contributed by atoms with E-state index in [0.29, 0.717) is 0 Å². The van der Waals surface area contributed by atoms with E-state index < -0.39 is 0 Å². The van der Waals surface area contributed by atoms with Crippen molar-refractivity contribution in [2.24, 2.45) is 5.92 Å². The highest BCUT2D eigenvalue weighted by molar-refractivity contribution is 7.80. The van der Waals surface area contributed by atoms with Crippen LogP contribution in [-0.4, -0.2) is 5.75 Å². The average Bonchev–Trinajstić information content (AvgIpc) is 2.17. The van der Waals surface area contributed by atoms with Crippen molar-refractivity contribution in [3.8, 4) is 0 Å². The molecule has 0 aliphatic heterocycles.